The molecule has 2 aromatic heterocycles. The molecule has 1 aliphatic heterocycles. The first-order valence-corrected chi connectivity index (χ1v) is 7.41. The van der Waals surface area contributed by atoms with Crippen molar-refractivity contribution in [3.05, 3.63) is 76.3 Å². The highest BCUT2D eigenvalue weighted by atomic mass is 79.9. The van der Waals surface area contributed by atoms with Gasteiger partial charge in [-0.3, -0.25) is 4.79 Å². The fraction of sp³-hybridized carbons (Fsp3) is 0.0625. The van der Waals surface area contributed by atoms with Gasteiger partial charge in [0.05, 0.1) is 0 Å². The van der Waals surface area contributed by atoms with Crippen LogP contribution in [0.5, 0.6) is 0 Å². The van der Waals surface area contributed by atoms with E-state index in [1.54, 1.807) is 0 Å². The molecule has 0 bridgehead atoms. The first-order chi connectivity index (χ1) is 10.2. The first kappa shape index (κ1) is 12.5. The Labute approximate surface area is 129 Å². The summed E-state index contributed by atoms with van der Waals surface area (Å²) in [7, 11) is 0. The molecule has 1 aromatic carbocycles. The van der Waals surface area contributed by atoms with Crippen LogP contribution in [0.4, 0.5) is 5.69 Å². The second-order valence-corrected chi connectivity index (χ2v) is 5.98. The average molecular weight is 342 g/mol. The van der Waals surface area contributed by atoms with Crippen molar-refractivity contribution < 1.29 is 4.79 Å². The number of hydrogen-bond donors (Lipinski definition) is 3. The Kier molecular flexibility index (Phi) is 2.59. The number of aromatic amines is 2. The van der Waals surface area contributed by atoms with E-state index in [1.165, 1.54) is 0 Å². The molecule has 0 saturated heterocycles. The molecule has 0 fully saturated rings. The number of halogens is 1. The zero-order valence-corrected chi connectivity index (χ0v) is 12.6. The number of aromatic nitrogens is 2. The summed E-state index contributed by atoms with van der Waals surface area (Å²) in [5.41, 5.74) is 2.60. The molecule has 3 N–H and O–H groups in total. The molecule has 3 heterocycles. The van der Waals surface area contributed by atoms with Crippen LogP contribution in [0.1, 0.15) is 17.0 Å². The van der Waals surface area contributed by atoms with E-state index in [0.717, 1.165) is 27.1 Å². The fourth-order valence-electron chi connectivity index (χ4n) is 3.08. The Morgan fingerprint density at radius 3 is 2.19 bits per heavy atom. The van der Waals surface area contributed by atoms with Gasteiger partial charge in [-0.2, -0.15) is 0 Å². The third-order valence-electron chi connectivity index (χ3n) is 3.98. The third kappa shape index (κ3) is 1.58. The van der Waals surface area contributed by atoms with Crippen molar-refractivity contribution in [3.63, 3.8) is 0 Å². The molecule has 0 saturated carbocycles. The molecule has 1 aliphatic rings. The zero-order chi connectivity index (χ0) is 14.4. The van der Waals surface area contributed by atoms with Gasteiger partial charge in [0.1, 0.15) is 0 Å². The standard InChI is InChI=1S/C16H12BrN3O/c17-10-5-6-12-11(9-10)16(15(21)20-12,13-3-1-7-18-13)14-4-2-8-19-14/h1-9,18-19H,(H,20,21). The minimum Gasteiger partial charge on any atom is -0.363 e. The lowest BCUT2D eigenvalue weighted by atomic mass is 9.76. The molecule has 0 unspecified atom stereocenters. The van der Waals surface area contributed by atoms with Crippen molar-refractivity contribution in [2.24, 2.45) is 0 Å². The third-order valence-corrected chi connectivity index (χ3v) is 4.47. The Morgan fingerprint density at radius 2 is 1.62 bits per heavy atom. The number of H-pyrrole nitrogens is 2. The van der Waals surface area contributed by atoms with Crippen LogP contribution in [-0.2, 0) is 10.2 Å². The lowest BCUT2D eigenvalue weighted by molar-refractivity contribution is -0.118. The van der Waals surface area contributed by atoms with Crippen molar-refractivity contribution in [1.82, 2.24) is 9.97 Å². The number of carbonyl (C=O) groups excluding carboxylic acids is 1. The second-order valence-electron chi connectivity index (χ2n) is 5.06. The van der Waals surface area contributed by atoms with Gasteiger partial charge in [0.15, 0.2) is 5.41 Å². The van der Waals surface area contributed by atoms with Gasteiger partial charge in [-0.25, -0.2) is 0 Å². The van der Waals surface area contributed by atoms with Crippen LogP contribution in [0, 0.1) is 0 Å². The van der Waals surface area contributed by atoms with E-state index in [0.29, 0.717) is 0 Å². The topological polar surface area (TPSA) is 60.7 Å². The summed E-state index contributed by atoms with van der Waals surface area (Å²) < 4.78 is 0.945. The molecule has 3 aromatic rings. The molecular weight excluding hydrogens is 330 g/mol. The minimum atomic E-state index is -0.869. The summed E-state index contributed by atoms with van der Waals surface area (Å²) in [5, 5.41) is 2.99. The monoisotopic (exact) mass is 341 g/mol. The molecule has 4 nitrogen and oxygen atoms in total. The molecule has 4 rings (SSSR count). The number of carbonyl (C=O) groups is 1. The number of fused-ring (bicyclic) bond motifs is 1. The van der Waals surface area contributed by atoms with E-state index in [1.807, 2.05) is 54.9 Å². The van der Waals surface area contributed by atoms with E-state index in [9.17, 15) is 4.79 Å². The molecule has 0 spiro atoms. The van der Waals surface area contributed by atoms with Crippen molar-refractivity contribution in [2.75, 3.05) is 5.32 Å². The van der Waals surface area contributed by atoms with E-state index >= 15 is 0 Å². The molecule has 5 heteroatoms. The van der Waals surface area contributed by atoms with Gasteiger partial charge in [-0.1, -0.05) is 15.9 Å². The minimum absolute atomic E-state index is 0.0551. The lowest BCUT2D eigenvalue weighted by Crippen LogP contribution is -2.37. The predicted molar refractivity (Wildman–Crippen MR) is 84.2 cm³/mol. The van der Waals surface area contributed by atoms with Gasteiger partial charge in [-0.05, 0) is 42.5 Å². The Balaban J connectivity index is 2.10. The van der Waals surface area contributed by atoms with Gasteiger partial charge in [-0.15, -0.1) is 0 Å². The zero-order valence-electron chi connectivity index (χ0n) is 11.0. The van der Waals surface area contributed by atoms with E-state index in [2.05, 4.69) is 31.2 Å². The van der Waals surface area contributed by atoms with Crippen LogP contribution in [-0.4, -0.2) is 15.9 Å². The lowest BCUT2D eigenvalue weighted by Gasteiger charge is -2.25. The van der Waals surface area contributed by atoms with Gasteiger partial charge >= 0.3 is 0 Å². The average Bonchev–Trinajstić information content (AvgIpc) is 3.17. The van der Waals surface area contributed by atoms with Crippen LogP contribution in [0.15, 0.2) is 59.3 Å². The number of amides is 1. The molecule has 104 valence electrons. The van der Waals surface area contributed by atoms with E-state index < -0.39 is 5.41 Å². The van der Waals surface area contributed by atoms with Crippen molar-refractivity contribution in [2.45, 2.75) is 5.41 Å². The summed E-state index contributed by atoms with van der Waals surface area (Å²) in [4.78, 5) is 19.3. The molecular formula is C16H12BrN3O. The maximum absolute atomic E-state index is 12.9. The maximum atomic E-state index is 12.9. The number of nitrogens with one attached hydrogen (secondary N) is 3. The number of anilines is 1. The highest BCUT2D eigenvalue weighted by Crippen LogP contribution is 2.47. The van der Waals surface area contributed by atoms with E-state index in [-0.39, 0.29) is 5.91 Å². The fourth-order valence-corrected chi connectivity index (χ4v) is 3.44. The molecule has 1 amide bonds. The highest BCUT2D eigenvalue weighted by molar-refractivity contribution is 9.10. The first-order valence-electron chi connectivity index (χ1n) is 6.62. The maximum Gasteiger partial charge on any atom is 0.247 e. The number of hydrogen-bond acceptors (Lipinski definition) is 1. The summed E-state index contributed by atoms with van der Waals surface area (Å²) in [6, 6.07) is 13.5. The van der Waals surface area contributed by atoms with Crippen molar-refractivity contribution >= 4 is 27.5 Å². The van der Waals surface area contributed by atoms with Gasteiger partial charge < -0.3 is 15.3 Å². The normalized spacial score (nSPS) is 15.8. The number of rotatable bonds is 2. The molecule has 0 radical (unpaired) electrons. The Hall–Kier alpha value is -2.27. The highest BCUT2D eigenvalue weighted by Gasteiger charge is 2.51. The Morgan fingerprint density at radius 1 is 0.952 bits per heavy atom. The Bertz CT molecular complexity index is 772. The van der Waals surface area contributed by atoms with Crippen LogP contribution in [0.3, 0.4) is 0 Å². The van der Waals surface area contributed by atoms with Gasteiger partial charge in [0.2, 0.25) is 5.91 Å². The van der Waals surface area contributed by atoms with Crippen molar-refractivity contribution in [1.29, 1.82) is 0 Å². The van der Waals surface area contributed by atoms with Gasteiger partial charge in [0, 0.05) is 39.5 Å². The predicted octanol–water partition coefficient (Wildman–Crippen LogP) is 3.39. The van der Waals surface area contributed by atoms with Crippen LogP contribution < -0.4 is 5.32 Å². The smallest absolute Gasteiger partial charge is 0.247 e. The van der Waals surface area contributed by atoms with Crippen LogP contribution >= 0.6 is 15.9 Å². The van der Waals surface area contributed by atoms with E-state index in [4.69, 9.17) is 0 Å². The SMILES string of the molecule is O=C1Nc2ccc(Br)cc2C1(c1ccc[nH]1)c1ccc[nH]1. The van der Waals surface area contributed by atoms with Crippen molar-refractivity contribution in [3.8, 4) is 0 Å². The van der Waals surface area contributed by atoms with Crippen LogP contribution in [0.2, 0.25) is 0 Å². The number of benzene rings is 1. The van der Waals surface area contributed by atoms with Gasteiger partial charge in [0.25, 0.3) is 0 Å². The largest absolute Gasteiger partial charge is 0.363 e. The quantitative estimate of drug-likeness (QED) is 0.657. The molecule has 0 aliphatic carbocycles. The molecule has 0 atom stereocenters. The summed E-state index contributed by atoms with van der Waals surface area (Å²) in [6.07, 6.45) is 3.67. The second kappa shape index (κ2) is 4.36. The summed E-state index contributed by atoms with van der Waals surface area (Å²) in [5.74, 6) is -0.0551. The summed E-state index contributed by atoms with van der Waals surface area (Å²) >= 11 is 3.50. The van der Waals surface area contributed by atoms with Crippen LogP contribution in [0.25, 0.3) is 0 Å². The molecule has 21 heavy (non-hydrogen) atoms. The summed E-state index contributed by atoms with van der Waals surface area (Å²) in [6.45, 7) is 0.